The van der Waals surface area contributed by atoms with E-state index in [0.717, 1.165) is 29.9 Å². The summed E-state index contributed by atoms with van der Waals surface area (Å²) in [7, 11) is 0. The number of nitrogens with one attached hydrogen (secondary N) is 1. The van der Waals surface area contributed by atoms with Crippen LogP contribution in [-0.4, -0.2) is 30.3 Å². The number of ether oxygens (including phenoxy) is 2. The SMILES string of the molecule is Cc1ccc(CNC(=O)c2cccc(O)c2)c(O[C@@H]2CCOC2)c1. The number of phenols is 1. The Morgan fingerprint density at radius 3 is 2.96 bits per heavy atom. The zero-order valence-corrected chi connectivity index (χ0v) is 13.6. The van der Waals surface area contributed by atoms with Crippen LogP contribution in [0, 0.1) is 6.92 Å². The highest BCUT2D eigenvalue weighted by Crippen LogP contribution is 2.24. The third-order valence-electron chi connectivity index (χ3n) is 3.95. The smallest absolute Gasteiger partial charge is 0.251 e. The first kappa shape index (κ1) is 16.3. The standard InChI is InChI=1S/C19H21NO4/c1-13-5-6-15(18(9-13)24-17-7-8-23-12-17)11-20-19(22)14-3-2-4-16(21)10-14/h2-6,9-10,17,21H,7-8,11-12H2,1H3,(H,20,22)/t17-/m1/s1. The molecule has 1 amide bonds. The van der Waals surface area contributed by atoms with Gasteiger partial charge in [0.25, 0.3) is 5.91 Å². The molecule has 2 aromatic carbocycles. The van der Waals surface area contributed by atoms with Crippen LogP contribution < -0.4 is 10.1 Å². The first-order chi connectivity index (χ1) is 11.6. The molecule has 1 saturated heterocycles. The van der Waals surface area contributed by atoms with Crippen LogP contribution in [0.4, 0.5) is 0 Å². The van der Waals surface area contributed by atoms with E-state index < -0.39 is 0 Å². The molecule has 1 heterocycles. The fourth-order valence-corrected chi connectivity index (χ4v) is 2.63. The fourth-order valence-electron chi connectivity index (χ4n) is 2.63. The van der Waals surface area contributed by atoms with Crippen molar-refractivity contribution in [3.05, 3.63) is 59.2 Å². The zero-order valence-electron chi connectivity index (χ0n) is 13.6. The Morgan fingerprint density at radius 1 is 1.33 bits per heavy atom. The monoisotopic (exact) mass is 327 g/mol. The first-order valence-corrected chi connectivity index (χ1v) is 8.03. The summed E-state index contributed by atoms with van der Waals surface area (Å²) in [6.45, 7) is 3.69. The number of aryl methyl sites for hydroxylation is 1. The molecule has 2 aromatic rings. The number of hydrogen-bond acceptors (Lipinski definition) is 4. The summed E-state index contributed by atoms with van der Waals surface area (Å²) >= 11 is 0. The number of rotatable bonds is 5. The molecule has 0 unspecified atom stereocenters. The van der Waals surface area contributed by atoms with Crippen molar-refractivity contribution in [2.75, 3.05) is 13.2 Å². The van der Waals surface area contributed by atoms with Crippen molar-refractivity contribution in [3.63, 3.8) is 0 Å². The van der Waals surface area contributed by atoms with E-state index in [9.17, 15) is 9.90 Å². The second kappa shape index (κ2) is 7.36. The summed E-state index contributed by atoms with van der Waals surface area (Å²) in [5.41, 5.74) is 2.45. The first-order valence-electron chi connectivity index (χ1n) is 8.03. The maximum atomic E-state index is 12.2. The lowest BCUT2D eigenvalue weighted by Crippen LogP contribution is -2.24. The number of phenolic OH excluding ortho intramolecular Hbond substituents is 1. The van der Waals surface area contributed by atoms with Crippen molar-refractivity contribution in [3.8, 4) is 11.5 Å². The van der Waals surface area contributed by atoms with E-state index >= 15 is 0 Å². The predicted molar refractivity (Wildman–Crippen MR) is 90.3 cm³/mol. The van der Waals surface area contributed by atoms with Crippen LogP contribution in [-0.2, 0) is 11.3 Å². The highest BCUT2D eigenvalue weighted by molar-refractivity contribution is 5.94. The average Bonchev–Trinajstić information content (AvgIpc) is 3.07. The number of hydrogen-bond donors (Lipinski definition) is 2. The molecule has 3 rings (SSSR count). The lowest BCUT2D eigenvalue weighted by molar-refractivity contribution is 0.0949. The van der Waals surface area contributed by atoms with E-state index in [1.807, 2.05) is 25.1 Å². The van der Waals surface area contributed by atoms with Gasteiger partial charge < -0.3 is 19.9 Å². The maximum absolute atomic E-state index is 12.2. The Kier molecular flexibility index (Phi) is 5.01. The van der Waals surface area contributed by atoms with Crippen molar-refractivity contribution in [2.24, 2.45) is 0 Å². The van der Waals surface area contributed by atoms with Crippen molar-refractivity contribution in [1.82, 2.24) is 5.32 Å². The summed E-state index contributed by atoms with van der Waals surface area (Å²) in [5.74, 6) is 0.617. The summed E-state index contributed by atoms with van der Waals surface area (Å²) in [4.78, 5) is 12.2. The molecular formula is C19H21NO4. The molecule has 0 aliphatic carbocycles. The number of benzene rings is 2. The van der Waals surface area contributed by atoms with Crippen LogP contribution in [0.3, 0.4) is 0 Å². The van der Waals surface area contributed by atoms with Crippen molar-refractivity contribution >= 4 is 5.91 Å². The molecule has 0 spiro atoms. The molecule has 126 valence electrons. The third kappa shape index (κ3) is 4.06. The number of aromatic hydroxyl groups is 1. The van der Waals surface area contributed by atoms with Crippen molar-refractivity contribution < 1.29 is 19.4 Å². The highest BCUT2D eigenvalue weighted by atomic mass is 16.5. The summed E-state index contributed by atoms with van der Waals surface area (Å²) < 4.78 is 11.4. The Morgan fingerprint density at radius 2 is 2.21 bits per heavy atom. The Balaban J connectivity index is 1.68. The minimum absolute atomic E-state index is 0.0623. The molecule has 1 aliphatic heterocycles. The average molecular weight is 327 g/mol. The van der Waals surface area contributed by atoms with Crippen LogP contribution in [0.25, 0.3) is 0 Å². The van der Waals surface area contributed by atoms with Crippen LogP contribution >= 0.6 is 0 Å². The Hall–Kier alpha value is -2.53. The van der Waals surface area contributed by atoms with E-state index in [0.29, 0.717) is 18.7 Å². The van der Waals surface area contributed by atoms with Gasteiger partial charge in [0.1, 0.15) is 17.6 Å². The largest absolute Gasteiger partial charge is 0.508 e. The number of carbonyl (C=O) groups is 1. The fraction of sp³-hybridized carbons (Fsp3) is 0.316. The normalized spacial score (nSPS) is 16.8. The summed E-state index contributed by atoms with van der Waals surface area (Å²) in [6.07, 6.45) is 0.940. The second-order valence-electron chi connectivity index (χ2n) is 5.95. The van der Waals surface area contributed by atoms with Crippen molar-refractivity contribution in [2.45, 2.75) is 26.0 Å². The lowest BCUT2D eigenvalue weighted by atomic mass is 10.1. The summed E-state index contributed by atoms with van der Waals surface area (Å²) in [5, 5.41) is 12.3. The van der Waals surface area contributed by atoms with Gasteiger partial charge in [-0.05, 0) is 36.8 Å². The number of amides is 1. The molecule has 2 N–H and O–H groups in total. The third-order valence-corrected chi connectivity index (χ3v) is 3.95. The zero-order chi connectivity index (χ0) is 16.9. The van der Waals surface area contributed by atoms with Gasteiger partial charge in [-0.1, -0.05) is 18.2 Å². The van der Waals surface area contributed by atoms with E-state index in [4.69, 9.17) is 9.47 Å². The molecule has 5 nitrogen and oxygen atoms in total. The van der Waals surface area contributed by atoms with Gasteiger partial charge >= 0.3 is 0 Å². The minimum atomic E-state index is -0.235. The van der Waals surface area contributed by atoms with Gasteiger partial charge in [-0.15, -0.1) is 0 Å². The Labute approximate surface area is 141 Å². The molecule has 0 aromatic heterocycles. The molecule has 5 heteroatoms. The van der Waals surface area contributed by atoms with E-state index in [1.54, 1.807) is 12.1 Å². The van der Waals surface area contributed by atoms with Gasteiger partial charge in [-0.3, -0.25) is 4.79 Å². The van der Waals surface area contributed by atoms with Gasteiger partial charge in [0, 0.05) is 24.1 Å². The Bertz CT molecular complexity index is 723. The van der Waals surface area contributed by atoms with Gasteiger partial charge in [0.15, 0.2) is 0 Å². The van der Waals surface area contributed by atoms with Gasteiger partial charge in [0.05, 0.1) is 13.2 Å². The van der Waals surface area contributed by atoms with Crippen LogP contribution in [0.5, 0.6) is 11.5 Å². The summed E-state index contributed by atoms with van der Waals surface area (Å²) in [6, 6.07) is 12.2. The molecule has 1 fully saturated rings. The van der Waals surface area contributed by atoms with E-state index in [-0.39, 0.29) is 17.8 Å². The number of carbonyl (C=O) groups excluding carboxylic acids is 1. The molecule has 1 aliphatic rings. The van der Waals surface area contributed by atoms with E-state index in [1.165, 1.54) is 12.1 Å². The van der Waals surface area contributed by atoms with Gasteiger partial charge in [-0.2, -0.15) is 0 Å². The van der Waals surface area contributed by atoms with Gasteiger partial charge in [0.2, 0.25) is 0 Å². The molecule has 24 heavy (non-hydrogen) atoms. The quantitative estimate of drug-likeness (QED) is 0.886. The van der Waals surface area contributed by atoms with Crippen LogP contribution in [0.2, 0.25) is 0 Å². The predicted octanol–water partition coefficient (Wildman–Crippen LogP) is 2.80. The molecule has 0 saturated carbocycles. The lowest BCUT2D eigenvalue weighted by Gasteiger charge is -2.17. The molecule has 0 bridgehead atoms. The molecule has 1 atom stereocenters. The molecular weight excluding hydrogens is 306 g/mol. The minimum Gasteiger partial charge on any atom is -0.508 e. The van der Waals surface area contributed by atoms with E-state index in [2.05, 4.69) is 5.32 Å². The highest BCUT2D eigenvalue weighted by Gasteiger charge is 2.19. The van der Waals surface area contributed by atoms with Gasteiger partial charge in [-0.25, -0.2) is 0 Å². The maximum Gasteiger partial charge on any atom is 0.251 e. The molecule has 0 radical (unpaired) electrons. The second-order valence-corrected chi connectivity index (χ2v) is 5.95. The van der Waals surface area contributed by atoms with Crippen LogP contribution in [0.1, 0.15) is 27.9 Å². The topological polar surface area (TPSA) is 67.8 Å². The van der Waals surface area contributed by atoms with Crippen LogP contribution in [0.15, 0.2) is 42.5 Å². The van der Waals surface area contributed by atoms with Crippen molar-refractivity contribution in [1.29, 1.82) is 0 Å².